The Morgan fingerprint density at radius 2 is 1.74 bits per heavy atom. The summed E-state index contributed by atoms with van der Waals surface area (Å²) in [6.07, 6.45) is 1.42. The van der Waals surface area contributed by atoms with E-state index in [0.717, 1.165) is 23.5 Å². The predicted octanol–water partition coefficient (Wildman–Crippen LogP) is 3.17. The minimum Gasteiger partial charge on any atom is -0.452 e. The molecule has 158 valence electrons. The summed E-state index contributed by atoms with van der Waals surface area (Å²) in [6.45, 7) is 4.02. The summed E-state index contributed by atoms with van der Waals surface area (Å²) in [6, 6.07) is 11.9. The molecule has 1 aliphatic heterocycles. The highest BCUT2D eigenvalue weighted by molar-refractivity contribution is 5.98. The van der Waals surface area contributed by atoms with Crippen LogP contribution in [0.25, 0.3) is 11.0 Å². The fourth-order valence-corrected chi connectivity index (χ4v) is 3.42. The van der Waals surface area contributed by atoms with Crippen LogP contribution in [-0.4, -0.2) is 40.9 Å². The maximum absolute atomic E-state index is 12.3. The molecule has 2 heterocycles. The number of esters is 1. The second-order valence-electron chi connectivity index (χ2n) is 7.42. The summed E-state index contributed by atoms with van der Waals surface area (Å²) >= 11 is 0. The van der Waals surface area contributed by atoms with Crippen LogP contribution in [0.4, 0.5) is 11.4 Å². The fraction of sp³-hybridized carbons (Fsp3) is 0.261. The number of carbonyl (C=O) groups excluding carboxylic acids is 3. The molecule has 0 atom stereocenters. The number of ether oxygens (including phenoxy) is 1. The first-order valence-corrected chi connectivity index (χ1v) is 10.0. The van der Waals surface area contributed by atoms with Gasteiger partial charge in [-0.15, -0.1) is 0 Å². The third-order valence-corrected chi connectivity index (χ3v) is 5.18. The Bertz CT molecular complexity index is 1170. The number of nitrogens with zero attached hydrogens (tertiary/aromatic N) is 3. The van der Waals surface area contributed by atoms with E-state index < -0.39 is 18.5 Å². The number of amides is 2. The van der Waals surface area contributed by atoms with Gasteiger partial charge in [0.25, 0.3) is 5.91 Å². The van der Waals surface area contributed by atoms with E-state index in [0.29, 0.717) is 35.2 Å². The van der Waals surface area contributed by atoms with Gasteiger partial charge in [0.1, 0.15) is 0 Å². The van der Waals surface area contributed by atoms with E-state index in [1.165, 1.54) is 0 Å². The molecule has 0 spiro atoms. The Labute approximate surface area is 179 Å². The van der Waals surface area contributed by atoms with E-state index in [4.69, 9.17) is 4.74 Å². The zero-order valence-corrected chi connectivity index (χ0v) is 17.3. The minimum atomic E-state index is -0.611. The lowest BCUT2D eigenvalue weighted by Gasteiger charge is -2.16. The lowest BCUT2D eigenvalue weighted by molar-refractivity contribution is -0.119. The molecule has 1 aromatic heterocycles. The first-order chi connectivity index (χ1) is 14.9. The lowest BCUT2D eigenvalue weighted by Crippen LogP contribution is -2.23. The van der Waals surface area contributed by atoms with Gasteiger partial charge in [-0.3, -0.25) is 9.59 Å². The number of aromatic nitrogens is 2. The average Bonchev–Trinajstić information content (AvgIpc) is 3.19. The zero-order valence-electron chi connectivity index (χ0n) is 17.3. The molecule has 1 N–H and O–H groups in total. The summed E-state index contributed by atoms with van der Waals surface area (Å²) in [4.78, 5) is 46.9. The van der Waals surface area contributed by atoms with Crippen molar-refractivity contribution < 1.29 is 19.1 Å². The van der Waals surface area contributed by atoms with Crippen LogP contribution >= 0.6 is 0 Å². The van der Waals surface area contributed by atoms with Crippen LogP contribution in [0, 0.1) is 13.8 Å². The zero-order chi connectivity index (χ0) is 22.0. The van der Waals surface area contributed by atoms with Crippen LogP contribution in [0.1, 0.15) is 34.6 Å². The van der Waals surface area contributed by atoms with Crippen LogP contribution in [0.3, 0.4) is 0 Å². The number of rotatable bonds is 5. The molecule has 2 aromatic carbocycles. The summed E-state index contributed by atoms with van der Waals surface area (Å²) in [7, 11) is 0. The Morgan fingerprint density at radius 1 is 1.03 bits per heavy atom. The number of anilines is 2. The van der Waals surface area contributed by atoms with Gasteiger partial charge < -0.3 is 15.0 Å². The van der Waals surface area contributed by atoms with Crippen molar-refractivity contribution in [1.82, 2.24) is 9.97 Å². The SMILES string of the molecule is Cc1nc2ccc(C(=O)OCC(=O)Nc3ccc(N4CCCC4=O)cc3)cc2nc1C. The first-order valence-electron chi connectivity index (χ1n) is 10.0. The third-order valence-electron chi connectivity index (χ3n) is 5.18. The highest BCUT2D eigenvalue weighted by atomic mass is 16.5. The van der Waals surface area contributed by atoms with Gasteiger partial charge in [-0.2, -0.15) is 0 Å². The van der Waals surface area contributed by atoms with Gasteiger partial charge in [0.15, 0.2) is 6.61 Å². The maximum atomic E-state index is 12.3. The van der Waals surface area contributed by atoms with Crippen molar-refractivity contribution in [1.29, 1.82) is 0 Å². The van der Waals surface area contributed by atoms with Crippen molar-refractivity contribution >= 4 is 40.2 Å². The second-order valence-corrected chi connectivity index (χ2v) is 7.42. The molecule has 2 amide bonds. The van der Waals surface area contributed by atoms with Gasteiger partial charge in [0, 0.05) is 24.3 Å². The van der Waals surface area contributed by atoms with Crippen molar-refractivity contribution in [2.24, 2.45) is 0 Å². The molecule has 0 bridgehead atoms. The van der Waals surface area contributed by atoms with Crippen molar-refractivity contribution in [3.8, 4) is 0 Å². The largest absolute Gasteiger partial charge is 0.452 e. The van der Waals surface area contributed by atoms with E-state index >= 15 is 0 Å². The molecule has 8 heteroatoms. The van der Waals surface area contributed by atoms with Gasteiger partial charge >= 0.3 is 5.97 Å². The number of hydrogen-bond donors (Lipinski definition) is 1. The fourth-order valence-electron chi connectivity index (χ4n) is 3.42. The molecule has 0 unspecified atom stereocenters. The standard InChI is InChI=1S/C23H22N4O4/c1-14-15(2)25-20-12-16(5-10-19(20)24-14)23(30)31-13-21(28)26-17-6-8-18(9-7-17)27-11-3-4-22(27)29/h5-10,12H,3-4,11,13H2,1-2H3,(H,26,28). The molecular weight excluding hydrogens is 396 g/mol. The number of carbonyl (C=O) groups is 3. The smallest absolute Gasteiger partial charge is 0.338 e. The van der Waals surface area contributed by atoms with Crippen LogP contribution in [0.5, 0.6) is 0 Å². The lowest BCUT2D eigenvalue weighted by atomic mass is 10.2. The normalized spacial score (nSPS) is 13.5. The van der Waals surface area contributed by atoms with Gasteiger partial charge in [-0.1, -0.05) is 0 Å². The highest BCUT2D eigenvalue weighted by Crippen LogP contribution is 2.23. The van der Waals surface area contributed by atoms with E-state index in [9.17, 15) is 14.4 Å². The maximum Gasteiger partial charge on any atom is 0.338 e. The number of fused-ring (bicyclic) bond motifs is 1. The molecule has 8 nitrogen and oxygen atoms in total. The Hall–Kier alpha value is -3.81. The highest BCUT2D eigenvalue weighted by Gasteiger charge is 2.21. The molecule has 4 rings (SSSR count). The number of hydrogen-bond acceptors (Lipinski definition) is 6. The van der Waals surface area contributed by atoms with Crippen LogP contribution < -0.4 is 10.2 Å². The van der Waals surface area contributed by atoms with Crippen molar-refractivity contribution in [3.63, 3.8) is 0 Å². The monoisotopic (exact) mass is 418 g/mol. The third kappa shape index (κ3) is 4.53. The number of nitrogens with one attached hydrogen (secondary N) is 1. The summed E-state index contributed by atoms with van der Waals surface area (Å²) in [5.41, 5.74) is 4.57. The van der Waals surface area contributed by atoms with Gasteiger partial charge in [0.05, 0.1) is 28.0 Å². The summed E-state index contributed by atoms with van der Waals surface area (Å²) < 4.78 is 5.13. The van der Waals surface area contributed by atoms with Crippen LogP contribution in [0.15, 0.2) is 42.5 Å². The average molecular weight is 418 g/mol. The molecular formula is C23H22N4O4. The van der Waals surface area contributed by atoms with Crippen molar-refractivity contribution in [2.45, 2.75) is 26.7 Å². The Morgan fingerprint density at radius 3 is 2.42 bits per heavy atom. The molecule has 1 saturated heterocycles. The molecule has 0 radical (unpaired) electrons. The number of aryl methyl sites for hydroxylation is 2. The van der Waals surface area contributed by atoms with Crippen molar-refractivity contribution in [3.05, 3.63) is 59.4 Å². The van der Waals surface area contributed by atoms with E-state index in [-0.39, 0.29) is 5.91 Å². The topological polar surface area (TPSA) is 101 Å². The first kappa shape index (κ1) is 20.5. The minimum absolute atomic E-state index is 0.105. The van der Waals surface area contributed by atoms with Gasteiger partial charge in [-0.05, 0) is 62.7 Å². The Balaban J connectivity index is 1.34. The summed E-state index contributed by atoms with van der Waals surface area (Å²) in [5.74, 6) is -0.959. The predicted molar refractivity (Wildman–Crippen MR) is 116 cm³/mol. The van der Waals surface area contributed by atoms with Gasteiger partial charge in [0.2, 0.25) is 5.91 Å². The van der Waals surface area contributed by atoms with E-state index in [1.807, 2.05) is 13.8 Å². The quantitative estimate of drug-likeness (QED) is 0.639. The van der Waals surface area contributed by atoms with Crippen LogP contribution in [0.2, 0.25) is 0 Å². The molecule has 31 heavy (non-hydrogen) atoms. The molecule has 0 saturated carbocycles. The van der Waals surface area contributed by atoms with E-state index in [1.54, 1.807) is 47.4 Å². The molecule has 0 aliphatic carbocycles. The summed E-state index contributed by atoms with van der Waals surface area (Å²) in [5, 5.41) is 2.68. The number of benzene rings is 2. The van der Waals surface area contributed by atoms with Crippen molar-refractivity contribution in [2.75, 3.05) is 23.4 Å². The molecule has 1 aliphatic rings. The van der Waals surface area contributed by atoms with Gasteiger partial charge in [-0.25, -0.2) is 14.8 Å². The van der Waals surface area contributed by atoms with E-state index in [2.05, 4.69) is 15.3 Å². The second kappa shape index (κ2) is 8.51. The Kier molecular flexibility index (Phi) is 5.62. The van der Waals surface area contributed by atoms with Crippen LogP contribution in [-0.2, 0) is 14.3 Å². The molecule has 3 aromatic rings. The molecule has 1 fully saturated rings.